The Labute approximate surface area is 195 Å². The van der Waals surface area contributed by atoms with Gasteiger partial charge in [-0.1, -0.05) is 24.6 Å². The number of carboxylic acid groups (broad SMARTS) is 1. The Morgan fingerprint density at radius 2 is 1.88 bits per heavy atom. The Morgan fingerprint density at radius 1 is 1.12 bits per heavy atom. The number of hydrogen-bond acceptors (Lipinski definition) is 4. The zero-order valence-corrected chi connectivity index (χ0v) is 19.9. The van der Waals surface area contributed by atoms with Gasteiger partial charge in [-0.3, -0.25) is 4.79 Å². The van der Waals surface area contributed by atoms with Gasteiger partial charge in [0.25, 0.3) is 0 Å². The molecule has 1 aromatic rings. The fraction of sp³-hybridized carbons (Fsp3) is 0.571. The molecule has 5 nitrogen and oxygen atoms in total. The number of ketones is 1. The molecule has 0 aliphatic heterocycles. The van der Waals surface area contributed by atoms with Gasteiger partial charge in [-0.05, 0) is 85.3 Å². The van der Waals surface area contributed by atoms with E-state index in [1.54, 1.807) is 19.2 Å². The first-order valence-electron chi connectivity index (χ1n) is 12.2. The summed E-state index contributed by atoms with van der Waals surface area (Å²) < 4.78 is 12.0. The number of benzene rings is 1. The Morgan fingerprint density at radius 3 is 2.55 bits per heavy atom. The van der Waals surface area contributed by atoms with Crippen LogP contribution < -0.4 is 0 Å². The molecule has 33 heavy (non-hydrogen) atoms. The average Bonchev–Trinajstić information content (AvgIpc) is 3.10. The minimum atomic E-state index is -0.903. The van der Waals surface area contributed by atoms with Crippen LogP contribution in [0, 0.1) is 17.3 Å². The minimum Gasteiger partial charge on any atom is -0.478 e. The zero-order valence-electron chi connectivity index (χ0n) is 19.9. The molecule has 5 heteroatoms. The van der Waals surface area contributed by atoms with Crippen molar-refractivity contribution in [1.82, 2.24) is 0 Å². The standard InChI is InChI=1S/C28H34O5/c1-27-15-23(17-4-6-18(7-5-17)26(30)31)25-21-11-9-20(29)14-19(21)8-10-22(25)24(27)12-13-28(27,33-3)16-32-2/h4-7,14,22-24H,8-13,15-16H2,1-3H3,(H,30,31)/t22-,23+,24-,27-,28+/m0/s1. The molecule has 176 valence electrons. The van der Waals surface area contributed by atoms with E-state index in [-0.39, 0.29) is 22.7 Å². The van der Waals surface area contributed by atoms with E-state index < -0.39 is 5.97 Å². The van der Waals surface area contributed by atoms with Gasteiger partial charge < -0.3 is 14.6 Å². The lowest BCUT2D eigenvalue weighted by Crippen LogP contribution is -2.54. The molecular weight excluding hydrogens is 416 g/mol. The molecule has 0 amide bonds. The number of carboxylic acids is 1. The summed E-state index contributed by atoms with van der Waals surface area (Å²) in [6, 6.07) is 7.44. The van der Waals surface area contributed by atoms with Crippen LogP contribution in [0.25, 0.3) is 0 Å². The van der Waals surface area contributed by atoms with Crippen molar-refractivity contribution >= 4 is 11.8 Å². The molecule has 0 aromatic heterocycles. The molecule has 0 unspecified atom stereocenters. The van der Waals surface area contributed by atoms with E-state index in [1.807, 2.05) is 25.3 Å². The number of methoxy groups -OCH3 is 2. The number of fused-ring (bicyclic) bond motifs is 4. The van der Waals surface area contributed by atoms with Crippen molar-refractivity contribution in [2.45, 2.75) is 63.4 Å². The first-order chi connectivity index (χ1) is 15.8. The van der Waals surface area contributed by atoms with Gasteiger partial charge >= 0.3 is 5.97 Å². The highest BCUT2D eigenvalue weighted by Crippen LogP contribution is 2.67. The zero-order chi connectivity index (χ0) is 23.4. The molecule has 4 aliphatic rings. The van der Waals surface area contributed by atoms with Gasteiger partial charge in [-0.25, -0.2) is 4.79 Å². The van der Waals surface area contributed by atoms with Crippen LogP contribution in [-0.2, 0) is 14.3 Å². The molecule has 1 aromatic carbocycles. The minimum absolute atomic E-state index is 0.0473. The number of carbonyl (C=O) groups is 2. The molecule has 0 spiro atoms. The molecular formula is C28H34O5. The molecule has 0 bridgehead atoms. The van der Waals surface area contributed by atoms with Crippen molar-refractivity contribution in [3.63, 3.8) is 0 Å². The largest absolute Gasteiger partial charge is 0.478 e. The van der Waals surface area contributed by atoms with Gasteiger partial charge in [-0.15, -0.1) is 0 Å². The maximum atomic E-state index is 12.2. The van der Waals surface area contributed by atoms with Crippen LogP contribution in [0.1, 0.15) is 73.7 Å². The number of carbonyl (C=O) groups excluding carboxylic acids is 1. The highest BCUT2D eigenvalue weighted by molar-refractivity contribution is 5.93. The lowest BCUT2D eigenvalue weighted by molar-refractivity contribution is -0.149. The monoisotopic (exact) mass is 450 g/mol. The molecule has 0 heterocycles. The molecule has 4 aliphatic carbocycles. The van der Waals surface area contributed by atoms with Crippen LogP contribution in [-0.4, -0.2) is 43.3 Å². The van der Waals surface area contributed by atoms with Gasteiger partial charge in [0.1, 0.15) is 0 Å². The van der Waals surface area contributed by atoms with Crippen LogP contribution in [0.15, 0.2) is 47.1 Å². The predicted octanol–water partition coefficient (Wildman–Crippen LogP) is 5.32. The quantitative estimate of drug-likeness (QED) is 0.658. The molecule has 5 rings (SSSR count). The molecule has 2 saturated carbocycles. The van der Waals surface area contributed by atoms with Crippen LogP contribution in [0.5, 0.6) is 0 Å². The second-order valence-corrected chi connectivity index (χ2v) is 10.6. The van der Waals surface area contributed by atoms with E-state index in [2.05, 4.69) is 6.92 Å². The Bertz CT molecular complexity index is 1030. The molecule has 0 saturated heterocycles. The van der Waals surface area contributed by atoms with E-state index in [0.717, 1.165) is 38.5 Å². The van der Waals surface area contributed by atoms with Crippen LogP contribution in [0.2, 0.25) is 0 Å². The normalized spacial score (nSPS) is 35.5. The first-order valence-corrected chi connectivity index (χ1v) is 12.2. The summed E-state index contributed by atoms with van der Waals surface area (Å²) in [5.74, 6) is 0.511. The molecule has 0 radical (unpaired) electrons. The highest BCUT2D eigenvalue weighted by atomic mass is 16.5. The Hall–Kier alpha value is -2.24. The lowest BCUT2D eigenvalue weighted by atomic mass is 9.51. The fourth-order valence-corrected chi connectivity index (χ4v) is 7.76. The summed E-state index contributed by atoms with van der Waals surface area (Å²) in [4.78, 5) is 23.6. The second-order valence-electron chi connectivity index (χ2n) is 10.6. The van der Waals surface area contributed by atoms with Crippen LogP contribution in [0.3, 0.4) is 0 Å². The summed E-state index contributed by atoms with van der Waals surface area (Å²) >= 11 is 0. The number of rotatable bonds is 5. The maximum absolute atomic E-state index is 12.2. The van der Waals surface area contributed by atoms with Crippen molar-refractivity contribution in [3.8, 4) is 0 Å². The van der Waals surface area contributed by atoms with Gasteiger partial charge in [-0.2, -0.15) is 0 Å². The van der Waals surface area contributed by atoms with Gasteiger partial charge in [0, 0.05) is 32.0 Å². The second kappa shape index (κ2) is 8.21. The van der Waals surface area contributed by atoms with Gasteiger partial charge in [0.05, 0.1) is 17.8 Å². The number of aromatic carboxylic acids is 1. The third-order valence-corrected chi connectivity index (χ3v) is 9.35. The first kappa shape index (κ1) is 22.5. The van der Waals surface area contributed by atoms with Crippen molar-refractivity contribution in [2.24, 2.45) is 17.3 Å². The number of allylic oxidation sites excluding steroid dienone is 4. The van der Waals surface area contributed by atoms with E-state index in [4.69, 9.17) is 9.47 Å². The van der Waals surface area contributed by atoms with Crippen LogP contribution in [0.4, 0.5) is 0 Å². The Kier molecular flexibility index (Phi) is 5.61. The SMILES string of the molecule is COC[C@]1(OC)CC[C@H]2[C@@H]3CCC4=CC(=O)CCC4=C3[C@@H](c3ccc(C(=O)O)cc3)C[C@@]21C. The van der Waals surface area contributed by atoms with Gasteiger partial charge in [0.2, 0.25) is 0 Å². The van der Waals surface area contributed by atoms with Gasteiger partial charge in [0.15, 0.2) is 5.78 Å². The summed E-state index contributed by atoms with van der Waals surface area (Å²) in [5, 5.41) is 9.40. The highest BCUT2D eigenvalue weighted by Gasteiger charge is 2.63. The van der Waals surface area contributed by atoms with Crippen molar-refractivity contribution in [1.29, 1.82) is 0 Å². The van der Waals surface area contributed by atoms with Crippen molar-refractivity contribution in [2.75, 3.05) is 20.8 Å². The van der Waals surface area contributed by atoms with Crippen molar-refractivity contribution < 1.29 is 24.2 Å². The van der Waals surface area contributed by atoms with E-state index in [1.165, 1.54) is 22.3 Å². The van der Waals surface area contributed by atoms with E-state index in [0.29, 0.717) is 30.4 Å². The topological polar surface area (TPSA) is 72.8 Å². The lowest BCUT2D eigenvalue weighted by Gasteiger charge is -2.55. The summed E-state index contributed by atoms with van der Waals surface area (Å²) in [6.45, 7) is 2.97. The van der Waals surface area contributed by atoms with E-state index in [9.17, 15) is 14.7 Å². The fourth-order valence-electron chi connectivity index (χ4n) is 7.76. The predicted molar refractivity (Wildman–Crippen MR) is 125 cm³/mol. The Balaban J connectivity index is 1.66. The summed E-state index contributed by atoms with van der Waals surface area (Å²) in [5.41, 5.74) is 5.26. The van der Waals surface area contributed by atoms with Crippen molar-refractivity contribution in [3.05, 3.63) is 58.2 Å². The third-order valence-electron chi connectivity index (χ3n) is 9.35. The number of hydrogen-bond donors (Lipinski definition) is 1. The third kappa shape index (κ3) is 3.35. The van der Waals surface area contributed by atoms with Crippen LogP contribution >= 0.6 is 0 Å². The molecule has 2 fully saturated rings. The number of ether oxygens (including phenoxy) is 2. The smallest absolute Gasteiger partial charge is 0.335 e. The molecule has 1 N–H and O–H groups in total. The average molecular weight is 451 g/mol. The maximum Gasteiger partial charge on any atom is 0.335 e. The summed E-state index contributed by atoms with van der Waals surface area (Å²) in [7, 11) is 3.58. The summed E-state index contributed by atoms with van der Waals surface area (Å²) in [6.07, 6.45) is 8.40. The van der Waals surface area contributed by atoms with E-state index >= 15 is 0 Å². The molecule has 5 atom stereocenters.